The number of methoxy groups -OCH3 is 1. The summed E-state index contributed by atoms with van der Waals surface area (Å²) in [6.45, 7) is 3.14. The van der Waals surface area contributed by atoms with Gasteiger partial charge in [0, 0.05) is 44.2 Å². The van der Waals surface area contributed by atoms with E-state index in [1.54, 1.807) is 36.4 Å². The van der Waals surface area contributed by atoms with Crippen LogP contribution >= 0.6 is 0 Å². The van der Waals surface area contributed by atoms with Gasteiger partial charge in [0.1, 0.15) is 17.9 Å². The zero-order valence-corrected chi connectivity index (χ0v) is 23.1. The predicted octanol–water partition coefficient (Wildman–Crippen LogP) is 4.10. The molecule has 1 unspecified atom stereocenters. The molecule has 2 aliphatic heterocycles. The van der Waals surface area contributed by atoms with Crippen molar-refractivity contribution in [1.29, 1.82) is 5.26 Å². The van der Waals surface area contributed by atoms with Gasteiger partial charge in [0.25, 0.3) is 5.91 Å². The van der Waals surface area contributed by atoms with Gasteiger partial charge in [0.15, 0.2) is 5.75 Å². The van der Waals surface area contributed by atoms with Crippen LogP contribution in [-0.4, -0.2) is 85.3 Å². The lowest BCUT2D eigenvalue weighted by atomic mass is 10.1. The van der Waals surface area contributed by atoms with E-state index in [2.05, 4.69) is 33.3 Å². The zero-order chi connectivity index (χ0) is 28.1. The van der Waals surface area contributed by atoms with E-state index in [1.165, 1.54) is 0 Å². The molecular weight excluding hydrogens is 508 g/mol. The van der Waals surface area contributed by atoms with Crippen molar-refractivity contribution in [3.8, 4) is 28.8 Å². The SMILES string of the molecule is COc1c(Nc2nccc(-c3ccc(OC4CCOCC4)c(C#N)c3)n2)cccc1C(=O)N(C)C1CCN(C)C1. The lowest BCUT2D eigenvalue weighted by molar-refractivity contribution is 0.0254. The van der Waals surface area contributed by atoms with Gasteiger partial charge in [-0.15, -0.1) is 0 Å². The number of anilines is 2. The van der Waals surface area contributed by atoms with E-state index >= 15 is 0 Å². The molecule has 2 saturated heterocycles. The van der Waals surface area contributed by atoms with Gasteiger partial charge in [-0.05, 0) is 56.4 Å². The minimum Gasteiger partial charge on any atom is -0.494 e. The third kappa shape index (κ3) is 6.01. The Bertz CT molecular complexity index is 1400. The highest BCUT2D eigenvalue weighted by molar-refractivity contribution is 5.99. The Kier molecular flexibility index (Phi) is 8.43. The largest absolute Gasteiger partial charge is 0.494 e. The van der Waals surface area contributed by atoms with Crippen LogP contribution in [0.3, 0.4) is 0 Å². The summed E-state index contributed by atoms with van der Waals surface area (Å²) < 4.78 is 17.2. The Balaban J connectivity index is 1.36. The summed E-state index contributed by atoms with van der Waals surface area (Å²) in [5.41, 5.74) is 2.91. The number of hydrogen-bond acceptors (Lipinski definition) is 9. The molecule has 3 aromatic rings. The van der Waals surface area contributed by atoms with Gasteiger partial charge in [0.05, 0.1) is 42.8 Å². The fourth-order valence-corrected chi connectivity index (χ4v) is 5.16. The van der Waals surface area contributed by atoms with Gasteiger partial charge in [0.2, 0.25) is 5.95 Å². The third-order valence-corrected chi connectivity index (χ3v) is 7.44. The van der Waals surface area contributed by atoms with Crippen LogP contribution in [0, 0.1) is 11.3 Å². The van der Waals surface area contributed by atoms with Crippen molar-refractivity contribution >= 4 is 17.5 Å². The molecule has 1 amide bonds. The Hall–Kier alpha value is -4.20. The molecule has 0 radical (unpaired) electrons. The first kappa shape index (κ1) is 27.4. The first-order chi connectivity index (χ1) is 19.5. The van der Waals surface area contributed by atoms with E-state index in [1.807, 2.05) is 31.3 Å². The fraction of sp³-hybridized carbons (Fsp3) is 0.400. The first-order valence-electron chi connectivity index (χ1n) is 13.5. The van der Waals surface area contributed by atoms with Crippen molar-refractivity contribution in [3.63, 3.8) is 0 Å². The lowest BCUT2D eigenvalue weighted by Gasteiger charge is -2.25. The van der Waals surface area contributed by atoms with Gasteiger partial charge in [-0.1, -0.05) is 6.07 Å². The van der Waals surface area contributed by atoms with Crippen LogP contribution in [0.4, 0.5) is 11.6 Å². The smallest absolute Gasteiger partial charge is 0.257 e. The second-order valence-corrected chi connectivity index (χ2v) is 10.1. The van der Waals surface area contributed by atoms with Crippen molar-refractivity contribution in [2.45, 2.75) is 31.4 Å². The predicted molar refractivity (Wildman–Crippen MR) is 151 cm³/mol. The zero-order valence-electron chi connectivity index (χ0n) is 23.1. The number of nitrogens with one attached hydrogen (secondary N) is 1. The molecule has 3 heterocycles. The number of carbonyl (C=O) groups excluding carboxylic acids is 1. The number of ether oxygens (including phenoxy) is 3. The molecule has 40 heavy (non-hydrogen) atoms. The molecule has 10 heteroatoms. The molecule has 2 aromatic carbocycles. The molecule has 0 spiro atoms. The second-order valence-electron chi connectivity index (χ2n) is 10.1. The highest BCUT2D eigenvalue weighted by Gasteiger charge is 2.29. The number of para-hydroxylation sites is 1. The van der Waals surface area contributed by atoms with Crippen molar-refractivity contribution in [2.24, 2.45) is 0 Å². The number of likely N-dealkylation sites (tertiary alicyclic amines) is 1. The maximum atomic E-state index is 13.4. The van der Waals surface area contributed by atoms with E-state index in [0.717, 1.165) is 37.9 Å². The van der Waals surface area contributed by atoms with Crippen LogP contribution in [0.2, 0.25) is 0 Å². The molecule has 1 atom stereocenters. The standard InChI is InChI=1S/C30H34N6O4/c1-35-14-10-22(19-35)36(2)29(37)24-5-4-6-26(28(24)38-3)34-30-32-13-9-25(33-30)20-7-8-27(21(17-20)18-31)40-23-11-15-39-16-12-23/h4-9,13,17,22-23H,10-12,14-16,19H2,1-3H3,(H,32,33,34). The Morgan fingerprint density at radius 1 is 1.20 bits per heavy atom. The number of benzene rings is 2. The highest BCUT2D eigenvalue weighted by atomic mass is 16.5. The molecule has 10 nitrogen and oxygen atoms in total. The van der Waals surface area contributed by atoms with E-state index < -0.39 is 0 Å². The third-order valence-electron chi connectivity index (χ3n) is 7.44. The minimum absolute atomic E-state index is 0.0402. The minimum atomic E-state index is -0.0948. The van der Waals surface area contributed by atoms with E-state index in [-0.39, 0.29) is 18.1 Å². The Morgan fingerprint density at radius 2 is 2.02 bits per heavy atom. The van der Waals surface area contributed by atoms with Crippen LogP contribution in [-0.2, 0) is 4.74 Å². The number of aromatic nitrogens is 2. The summed E-state index contributed by atoms with van der Waals surface area (Å²) in [6, 6.07) is 15.1. The Labute approximate surface area is 234 Å². The van der Waals surface area contributed by atoms with Gasteiger partial charge >= 0.3 is 0 Å². The van der Waals surface area contributed by atoms with Crippen molar-refractivity contribution < 1.29 is 19.0 Å². The summed E-state index contributed by atoms with van der Waals surface area (Å²) in [7, 11) is 5.45. The highest BCUT2D eigenvalue weighted by Crippen LogP contribution is 2.33. The summed E-state index contributed by atoms with van der Waals surface area (Å²) in [4.78, 5) is 26.5. The number of carbonyl (C=O) groups is 1. The molecule has 208 valence electrons. The van der Waals surface area contributed by atoms with Gasteiger partial charge in [-0.2, -0.15) is 5.26 Å². The summed E-state index contributed by atoms with van der Waals surface area (Å²) in [6.07, 6.45) is 4.24. The monoisotopic (exact) mass is 542 g/mol. The quantitative estimate of drug-likeness (QED) is 0.449. The van der Waals surface area contributed by atoms with E-state index in [4.69, 9.17) is 14.2 Å². The molecule has 5 rings (SSSR count). The van der Waals surface area contributed by atoms with Crippen molar-refractivity contribution in [2.75, 3.05) is 52.8 Å². The molecule has 2 aliphatic rings. The first-order valence-corrected chi connectivity index (χ1v) is 13.5. The summed E-state index contributed by atoms with van der Waals surface area (Å²) >= 11 is 0. The average molecular weight is 543 g/mol. The maximum Gasteiger partial charge on any atom is 0.257 e. The lowest BCUT2D eigenvalue weighted by Crippen LogP contribution is -2.38. The van der Waals surface area contributed by atoms with Crippen LogP contribution in [0.1, 0.15) is 35.2 Å². The topological polar surface area (TPSA) is 113 Å². The van der Waals surface area contributed by atoms with Crippen molar-refractivity contribution in [1.82, 2.24) is 19.8 Å². The number of nitrogens with zero attached hydrogens (tertiary/aromatic N) is 5. The number of nitriles is 1. The molecule has 1 N–H and O–H groups in total. The molecule has 0 bridgehead atoms. The number of amides is 1. The van der Waals surface area contributed by atoms with Crippen molar-refractivity contribution in [3.05, 3.63) is 59.8 Å². The van der Waals surface area contributed by atoms with Gasteiger partial charge in [-0.3, -0.25) is 4.79 Å². The van der Waals surface area contributed by atoms with Gasteiger partial charge in [-0.25, -0.2) is 9.97 Å². The second kappa shape index (κ2) is 12.3. The average Bonchev–Trinajstić information content (AvgIpc) is 3.43. The number of rotatable bonds is 8. The van der Waals surface area contributed by atoms with Crippen LogP contribution in [0.5, 0.6) is 11.5 Å². The Morgan fingerprint density at radius 3 is 2.75 bits per heavy atom. The van der Waals surface area contributed by atoms with Gasteiger partial charge < -0.3 is 29.3 Å². The normalized spacial score (nSPS) is 17.7. The maximum absolute atomic E-state index is 13.4. The van der Waals surface area contributed by atoms with E-state index in [9.17, 15) is 10.1 Å². The molecule has 0 saturated carbocycles. The van der Waals surface area contributed by atoms with E-state index in [0.29, 0.717) is 53.2 Å². The van der Waals surface area contributed by atoms with Crippen LogP contribution < -0.4 is 14.8 Å². The van der Waals surface area contributed by atoms with Crippen LogP contribution in [0.15, 0.2) is 48.7 Å². The molecular formula is C30H34N6O4. The fourth-order valence-electron chi connectivity index (χ4n) is 5.16. The number of likely N-dealkylation sites (N-methyl/N-ethyl adjacent to an activating group) is 2. The molecule has 0 aliphatic carbocycles. The van der Waals surface area contributed by atoms with Crippen LogP contribution in [0.25, 0.3) is 11.3 Å². The number of hydrogen-bond donors (Lipinski definition) is 1. The molecule has 2 fully saturated rings. The summed E-state index contributed by atoms with van der Waals surface area (Å²) in [5.74, 6) is 1.24. The molecule has 1 aromatic heterocycles. The summed E-state index contributed by atoms with van der Waals surface area (Å²) in [5, 5.41) is 13.0.